The SMILES string of the molecule is CCCN(CC(F)F)C(=O)c1ccnc(C(=O)O)c1. The first-order chi connectivity index (χ1) is 8.95. The normalized spacial score (nSPS) is 10.5. The van der Waals surface area contributed by atoms with Gasteiger partial charge in [0.1, 0.15) is 5.69 Å². The Morgan fingerprint density at radius 2 is 2.16 bits per heavy atom. The van der Waals surface area contributed by atoms with Crippen LogP contribution in [0.15, 0.2) is 18.3 Å². The Kier molecular flexibility index (Phi) is 5.35. The number of rotatable bonds is 6. The van der Waals surface area contributed by atoms with Crippen molar-refractivity contribution in [3.05, 3.63) is 29.6 Å². The lowest BCUT2D eigenvalue weighted by Crippen LogP contribution is -2.35. The van der Waals surface area contributed by atoms with Crippen LogP contribution in [0.1, 0.15) is 34.2 Å². The maximum atomic E-state index is 12.4. The van der Waals surface area contributed by atoms with Gasteiger partial charge in [0, 0.05) is 18.3 Å². The minimum atomic E-state index is -2.63. The van der Waals surface area contributed by atoms with E-state index >= 15 is 0 Å². The third-order valence-corrected chi connectivity index (χ3v) is 2.37. The molecule has 104 valence electrons. The van der Waals surface area contributed by atoms with Gasteiger partial charge in [0.15, 0.2) is 0 Å². The molecular formula is C12H14F2N2O3. The van der Waals surface area contributed by atoms with Crippen LogP contribution in [0.3, 0.4) is 0 Å². The van der Waals surface area contributed by atoms with E-state index in [0.29, 0.717) is 6.42 Å². The van der Waals surface area contributed by atoms with Crippen molar-refractivity contribution in [2.45, 2.75) is 19.8 Å². The summed E-state index contributed by atoms with van der Waals surface area (Å²) in [6.45, 7) is 1.28. The van der Waals surface area contributed by atoms with Gasteiger partial charge in [-0.05, 0) is 18.6 Å². The number of hydrogen-bond donors (Lipinski definition) is 1. The van der Waals surface area contributed by atoms with Crippen LogP contribution >= 0.6 is 0 Å². The molecule has 0 saturated carbocycles. The summed E-state index contributed by atoms with van der Waals surface area (Å²) in [5.41, 5.74) is -0.249. The van der Waals surface area contributed by atoms with Crippen molar-refractivity contribution in [3.8, 4) is 0 Å². The van der Waals surface area contributed by atoms with E-state index in [1.54, 1.807) is 6.92 Å². The fourth-order valence-electron chi connectivity index (χ4n) is 1.58. The van der Waals surface area contributed by atoms with E-state index in [-0.39, 0.29) is 17.8 Å². The summed E-state index contributed by atoms with van der Waals surface area (Å²) in [7, 11) is 0. The van der Waals surface area contributed by atoms with Crippen LogP contribution in [0.25, 0.3) is 0 Å². The second-order valence-corrected chi connectivity index (χ2v) is 3.88. The second kappa shape index (κ2) is 6.77. The summed E-state index contributed by atoms with van der Waals surface area (Å²) in [6.07, 6.45) is -0.922. The number of carbonyl (C=O) groups is 2. The molecule has 1 heterocycles. The first-order valence-corrected chi connectivity index (χ1v) is 5.72. The number of nitrogens with zero attached hydrogens (tertiary/aromatic N) is 2. The molecule has 0 fully saturated rings. The van der Waals surface area contributed by atoms with E-state index in [1.807, 2.05) is 0 Å². The molecule has 0 aliphatic heterocycles. The van der Waals surface area contributed by atoms with Gasteiger partial charge in [0.25, 0.3) is 12.3 Å². The fraction of sp³-hybridized carbons (Fsp3) is 0.417. The quantitative estimate of drug-likeness (QED) is 0.858. The third-order valence-electron chi connectivity index (χ3n) is 2.37. The molecule has 7 heteroatoms. The van der Waals surface area contributed by atoms with Gasteiger partial charge < -0.3 is 10.0 Å². The molecule has 0 spiro atoms. The summed E-state index contributed by atoms with van der Waals surface area (Å²) in [6, 6.07) is 2.39. The Bertz CT molecular complexity index is 466. The molecule has 1 amide bonds. The molecule has 19 heavy (non-hydrogen) atoms. The van der Waals surface area contributed by atoms with Gasteiger partial charge in [-0.15, -0.1) is 0 Å². The van der Waals surface area contributed by atoms with Gasteiger partial charge in [-0.1, -0.05) is 6.92 Å². The highest BCUT2D eigenvalue weighted by Gasteiger charge is 2.20. The Labute approximate surface area is 108 Å². The molecule has 1 rings (SSSR count). The summed E-state index contributed by atoms with van der Waals surface area (Å²) < 4.78 is 24.8. The highest BCUT2D eigenvalue weighted by molar-refractivity contribution is 5.96. The predicted octanol–water partition coefficient (Wildman–Crippen LogP) is 1.90. The lowest BCUT2D eigenvalue weighted by atomic mass is 10.2. The molecule has 5 nitrogen and oxygen atoms in total. The van der Waals surface area contributed by atoms with Gasteiger partial charge in [0.05, 0.1) is 6.54 Å². The summed E-state index contributed by atoms with van der Waals surface area (Å²) in [4.78, 5) is 27.3. The van der Waals surface area contributed by atoms with Gasteiger partial charge in [-0.25, -0.2) is 18.6 Å². The number of aromatic nitrogens is 1. The number of carboxylic acids is 1. The smallest absolute Gasteiger partial charge is 0.354 e. The number of carbonyl (C=O) groups excluding carboxylic acids is 1. The zero-order valence-electron chi connectivity index (χ0n) is 10.3. The molecule has 0 bridgehead atoms. The van der Waals surface area contributed by atoms with Crippen molar-refractivity contribution < 1.29 is 23.5 Å². The fourth-order valence-corrected chi connectivity index (χ4v) is 1.58. The lowest BCUT2D eigenvalue weighted by molar-refractivity contribution is 0.0555. The molecule has 0 aliphatic rings. The van der Waals surface area contributed by atoms with Crippen LogP contribution in [0.2, 0.25) is 0 Å². The first kappa shape index (κ1) is 15.0. The third kappa shape index (κ3) is 4.27. The standard InChI is InChI=1S/C12H14F2N2O3/c1-2-5-16(7-10(13)14)11(17)8-3-4-15-9(6-8)12(18)19/h3-4,6,10H,2,5,7H2,1H3,(H,18,19). The van der Waals surface area contributed by atoms with Gasteiger partial charge in [-0.3, -0.25) is 4.79 Å². The predicted molar refractivity (Wildman–Crippen MR) is 63.4 cm³/mol. The van der Waals surface area contributed by atoms with Crippen LogP contribution in [-0.2, 0) is 0 Å². The zero-order valence-corrected chi connectivity index (χ0v) is 10.3. The summed E-state index contributed by atoms with van der Waals surface area (Å²) >= 11 is 0. The van der Waals surface area contributed by atoms with E-state index in [0.717, 1.165) is 11.0 Å². The average Bonchev–Trinajstić information content (AvgIpc) is 2.37. The number of hydrogen-bond acceptors (Lipinski definition) is 3. The maximum absolute atomic E-state index is 12.4. The molecule has 1 aromatic rings. The molecule has 0 saturated heterocycles. The summed E-state index contributed by atoms with van der Waals surface area (Å²) in [5, 5.41) is 8.77. The van der Waals surface area contributed by atoms with E-state index in [1.165, 1.54) is 12.3 Å². The van der Waals surface area contributed by atoms with Crippen molar-refractivity contribution in [2.75, 3.05) is 13.1 Å². The largest absolute Gasteiger partial charge is 0.477 e. The van der Waals surface area contributed by atoms with Crippen LogP contribution < -0.4 is 0 Å². The molecule has 0 atom stereocenters. The minimum Gasteiger partial charge on any atom is -0.477 e. The number of carboxylic acid groups (broad SMARTS) is 1. The topological polar surface area (TPSA) is 70.5 Å². The summed E-state index contributed by atoms with van der Waals surface area (Å²) in [5.74, 6) is -1.89. The van der Waals surface area contributed by atoms with Gasteiger partial charge in [0.2, 0.25) is 0 Å². The average molecular weight is 272 g/mol. The molecule has 0 aliphatic carbocycles. The highest BCUT2D eigenvalue weighted by atomic mass is 19.3. The lowest BCUT2D eigenvalue weighted by Gasteiger charge is -2.21. The van der Waals surface area contributed by atoms with E-state index in [9.17, 15) is 18.4 Å². The molecule has 0 aromatic carbocycles. The first-order valence-electron chi connectivity index (χ1n) is 5.72. The van der Waals surface area contributed by atoms with Crippen molar-refractivity contribution in [1.82, 2.24) is 9.88 Å². The minimum absolute atomic E-state index is 0.0431. The van der Waals surface area contributed by atoms with Crippen LogP contribution in [-0.4, -0.2) is 46.4 Å². The molecule has 0 radical (unpaired) electrons. The number of amides is 1. The van der Waals surface area contributed by atoms with Crippen molar-refractivity contribution in [2.24, 2.45) is 0 Å². The molecular weight excluding hydrogens is 258 g/mol. The Morgan fingerprint density at radius 3 is 2.68 bits per heavy atom. The van der Waals surface area contributed by atoms with Crippen molar-refractivity contribution in [1.29, 1.82) is 0 Å². The number of aromatic carboxylic acids is 1. The Balaban J connectivity index is 2.95. The maximum Gasteiger partial charge on any atom is 0.354 e. The van der Waals surface area contributed by atoms with Crippen molar-refractivity contribution >= 4 is 11.9 Å². The molecule has 1 N–H and O–H groups in total. The van der Waals surface area contributed by atoms with E-state index in [2.05, 4.69) is 4.98 Å². The van der Waals surface area contributed by atoms with Crippen LogP contribution in [0, 0.1) is 0 Å². The van der Waals surface area contributed by atoms with Crippen molar-refractivity contribution in [3.63, 3.8) is 0 Å². The highest BCUT2D eigenvalue weighted by Crippen LogP contribution is 2.09. The van der Waals surface area contributed by atoms with Crippen LogP contribution in [0.5, 0.6) is 0 Å². The molecule has 1 aromatic heterocycles. The Hall–Kier alpha value is -2.05. The second-order valence-electron chi connectivity index (χ2n) is 3.88. The zero-order chi connectivity index (χ0) is 14.4. The Morgan fingerprint density at radius 1 is 1.47 bits per heavy atom. The number of pyridine rings is 1. The van der Waals surface area contributed by atoms with Gasteiger partial charge in [-0.2, -0.15) is 0 Å². The monoisotopic (exact) mass is 272 g/mol. The van der Waals surface area contributed by atoms with E-state index < -0.39 is 24.8 Å². The number of alkyl halides is 2. The van der Waals surface area contributed by atoms with Gasteiger partial charge >= 0.3 is 5.97 Å². The van der Waals surface area contributed by atoms with E-state index in [4.69, 9.17) is 5.11 Å². The number of halogens is 2. The van der Waals surface area contributed by atoms with Crippen LogP contribution in [0.4, 0.5) is 8.78 Å². The molecule has 0 unspecified atom stereocenters.